The van der Waals surface area contributed by atoms with Crippen molar-refractivity contribution < 1.29 is 13.9 Å². The number of nitrogens with one attached hydrogen (secondary N) is 1. The topological polar surface area (TPSA) is 69.0 Å². The van der Waals surface area contributed by atoms with Gasteiger partial charge in [-0.05, 0) is 6.07 Å². The summed E-state index contributed by atoms with van der Waals surface area (Å²) >= 11 is 0. The lowest BCUT2D eigenvalue weighted by atomic mass is 9.92. The molecule has 1 N–H and O–H groups in total. The first-order valence-electron chi connectivity index (χ1n) is 6.65. The number of hydrogen-bond acceptors (Lipinski definition) is 5. The fourth-order valence-electron chi connectivity index (χ4n) is 2.65. The Morgan fingerprint density at radius 1 is 1.48 bits per heavy atom. The van der Waals surface area contributed by atoms with E-state index in [1.54, 1.807) is 22.9 Å². The molecule has 2 unspecified atom stereocenters. The van der Waals surface area contributed by atoms with Gasteiger partial charge in [-0.1, -0.05) is 30.3 Å². The molecule has 7 heteroatoms. The van der Waals surface area contributed by atoms with Crippen molar-refractivity contribution in [1.29, 1.82) is 0 Å². The number of halogens is 1. The highest BCUT2D eigenvalue weighted by molar-refractivity contribution is 5.92. The quantitative estimate of drug-likeness (QED) is 0.855. The number of methoxy groups -OCH3 is 1. The van der Waals surface area contributed by atoms with Crippen molar-refractivity contribution in [2.24, 2.45) is 5.92 Å². The number of aromatic nitrogens is 3. The summed E-state index contributed by atoms with van der Waals surface area (Å²) < 4.78 is 20.3. The van der Waals surface area contributed by atoms with Crippen LogP contribution in [-0.4, -0.2) is 34.6 Å². The Kier molecular flexibility index (Phi) is 3.32. The summed E-state index contributed by atoms with van der Waals surface area (Å²) in [5, 5.41) is 11.0. The summed E-state index contributed by atoms with van der Waals surface area (Å²) in [4.78, 5) is 11.7. The normalized spacial score (nSPS) is 20.5. The van der Waals surface area contributed by atoms with E-state index in [9.17, 15) is 9.18 Å². The molecule has 0 aliphatic carbocycles. The van der Waals surface area contributed by atoms with Gasteiger partial charge in [0, 0.05) is 18.0 Å². The average molecular weight is 290 g/mol. The van der Waals surface area contributed by atoms with E-state index in [2.05, 4.69) is 20.4 Å². The Morgan fingerprint density at radius 2 is 2.24 bits per heavy atom. The molecule has 2 atom stereocenters. The number of benzene rings is 1. The average Bonchev–Trinajstić information content (AvgIpc) is 2.91. The van der Waals surface area contributed by atoms with Crippen molar-refractivity contribution in [3.63, 3.8) is 0 Å². The van der Waals surface area contributed by atoms with Crippen LogP contribution in [0.5, 0.6) is 0 Å². The Hall–Kier alpha value is -2.44. The zero-order valence-electron chi connectivity index (χ0n) is 11.7. The maximum atomic E-state index is 14.1. The van der Waals surface area contributed by atoms with E-state index in [4.69, 9.17) is 0 Å². The van der Waals surface area contributed by atoms with Gasteiger partial charge in [0.2, 0.25) is 5.69 Å². The molecule has 0 saturated carbocycles. The molecule has 1 aromatic carbocycles. The molecule has 0 saturated heterocycles. The van der Waals surface area contributed by atoms with Gasteiger partial charge < -0.3 is 10.1 Å². The second-order valence-electron chi connectivity index (χ2n) is 5.05. The van der Waals surface area contributed by atoms with E-state index < -0.39 is 5.97 Å². The van der Waals surface area contributed by atoms with Gasteiger partial charge >= 0.3 is 5.97 Å². The Bertz CT molecular complexity index is 685. The predicted molar refractivity (Wildman–Crippen MR) is 73.6 cm³/mol. The van der Waals surface area contributed by atoms with E-state index in [0.29, 0.717) is 17.9 Å². The zero-order chi connectivity index (χ0) is 15.0. The number of anilines is 1. The van der Waals surface area contributed by atoms with Gasteiger partial charge in [-0.25, -0.2) is 13.9 Å². The van der Waals surface area contributed by atoms with Gasteiger partial charge in [0.05, 0.1) is 13.2 Å². The van der Waals surface area contributed by atoms with E-state index in [1.807, 2.05) is 6.92 Å². The number of nitrogens with zero attached hydrogens (tertiary/aromatic N) is 3. The molecule has 0 amide bonds. The highest BCUT2D eigenvalue weighted by Gasteiger charge is 2.34. The number of esters is 1. The van der Waals surface area contributed by atoms with Crippen LogP contribution < -0.4 is 5.32 Å². The lowest BCUT2D eigenvalue weighted by Gasteiger charge is -2.31. The third-order valence-electron chi connectivity index (χ3n) is 3.69. The second kappa shape index (κ2) is 5.16. The highest BCUT2D eigenvalue weighted by atomic mass is 19.1. The van der Waals surface area contributed by atoms with Crippen LogP contribution in [0, 0.1) is 11.7 Å². The summed E-state index contributed by atoms with van der Waals surface area (Å²) in [7, 11) is 1.29. The molecule has 0 spiro atoms. The molecule has 3 rings (SSSR count). The number of hydrogen-bond donors (Lipinski definition) is 1. The van der Waals surface area contributed by atoms with Gasteiger partial charge in [0.25, 0.3) is 0 Å². The molecule has 2 aromatic rings. The molecule has 1 aromatic heterocycles. The van der Waals surface area contributed by atoms with Gasteiger partial charge in [0.15, 0.2) is 5.82 Å². The molecular formula is C14H15FN4O2. The van der Waals surface area contributed by atoms with Gasteiger partial charge in [-0.15, -0.1) is 5.10 Å². The van der Waals surface area contributed by atoms with Gasteiger partial charge in [-0.2, -0.15) is 0 Å². The molecule has 0 radical (unpaired) electrons. The molecular weight excluding hydrogens is 275 g/mol. The fraction of sp³-hybridized carbons (Fsp3) is 0.357. The minimum absolute atomic E-state index is 0.0987. The Morgan fingerprint density at radius 3 is 2.95 bits per heavy atom. The summed E-state index contributed by atoms with van der Waals surface area (Å²) in [5.41, 5.74) is 0.653. The monoisotopic (exact) mass is 290 g/mol. The summed E-state index contributed by atoms with van der Waals surface area (Å²) in [6.07, 6.45) is 0. The maximum Gasteiger partial charge on any atom is 0.362 e. The van der Waals surface area contributed by atoms with Crippen LogP contribution in [0.25, 0.3) is 0 Å². The molecule has 1 aliphatic heterocycles. The van der Waals surface area contributed by atoms with Crippen LogP contribution in [0.1, 0.15) is 29.0 Å². The smallest absolute Gasteiger partial charge is 0.362 e. The van der Waals surface area contributed by atoms with Crippen LogP contribution in [0.15, 0.2) is 24.3 Å². The van der Waals surface area contributed by atoms with E-state index in [-0.39, 0.29) is 23.5 Å². The molecule has 1 aliphatic rings. The van der Waals surface area contributed by atoms with Crippen LogP contribution in [0.2, 0.25) is 0 Å². The van der Waals surface area contributed by atoms with Crippen LogP contribution >= 0.6 is 0 Å². The van der Waals surface area contributed by atoms with Crippen molar-refractivity contribution >= 4 is 11.8 Å². The molecule has 0 bridgehead atoms. The second-order valence-corrected chi connectivity index (χ2v) is 5.05. The summed E-state index contributed by atoms with van der Waals surface area (Å²) in [5.74, 6) is -0.294. The number of rotatable bonds is 2. The van der Waals surface area contributed by atoms with E-state index >= 15 is 0 Å². The van der Waals surface area contributed by atoms with E-state index in [1.165, 1.54) is 13.2 Å². The van der Waals surface area contributed by atoms with Crippen molar-refractivity contribution in [3.05, 3.63) is 41.3 Å². The van der Waals surface area contributed by atoms with Crippen molar-refractivity contribution in [1.82, 2.24) is 15.0 Å². The molecule has 6 nitrogen and oxygen atoms in total. The number of ether oxygens (including phenoxy) is 1. The first kappa shape index (κ1) is 13.5. The van der Waals surface area contributed by atoms with Crippen LogP contribution in [-0.2, 0) is 4.74 Å². The fourth-order valence-corrected chi connectivity index (χ4v) is 2.65. The van der Waals surface area contributed by atoms with Crippen LogP contribution in [0.3, 0.4) is 0 Å². The maximum absolute atomic E-state index is 14.1. The summed E-state index contributed by atoms with van der Waals surface area (Å²) in [6.45, 7) is 2.59. The number of fused-ring (bicyclic) bond motifs is 1. The Labute approximate surface area is 120 Å². The third-order valence-corrected chi connectivity index (χ3v) is 3.69. The molecule has 21 heavy (non-hydrogen) atoms. The standard InChI is InChI=1S/C14H15FN4O2/c1-8-7-16-13-11(14(20)21-2)17-18-19(13)12(8)9-5-3-4-6-10(9)15/h3-6,8,12,16H,7H2,1-2H3. The minimum Gasteiger partial charge on any atom is -0.464 e. The first-order chi connectivity index (χ1) is 10.1. The highest BCUT2D eigenvalue weighted by Crippen LogP contribution is 2.35. The van der Waals surface area contributed by atoms with Crippen molar-refractivity contribution in [2.45, 2.75) is 13.0 Å². The zero-order valence-corrected chi connectivity index (χ0v) is 11.7. The van der Waals surface area contributed by atoms with Crippen molar-refractivity contribution in [2.75, 3.05) is 19.0 Å². The molecule has 0 fully saturated rings. The van der Waals surface area contributed by atoms with Crippen molar-refractivity contribution in [3.8, 4) is 0 Å². The predicted octanol–water partition coefficient (Wildman–Crippen LogP) is 1.85. The largest absolute Gasteiger partial charge is 0.464 e. The Balaban J connectivity index is 2.10. The first-order valence-corrected chi connectivity index (χ1v) is 6.65. The lowest BCUT2D eigenvalue weighted by Crippen LogP contribution is -2.33. The number of carbonyl (C=O) groups is 1. The summed E-state index contributed by atoms with van der Waals surface area (Å²) in [6, 6.07) is 6.26. The van der Waals surface area contributed by atoms with E-state index in [0.717, 1.165) is 0 Å². The minimum atomic E-state index is -0.564. The van der Waals surface area contributed by atoms with Gasteiger partial charge in [0.1, 0.15) is 5.82 Å². The third kappa shape index (κ3) is 2.14. The van der Waals surface area contributed by atoms with Crippen LogP contribution in [0.4, 0.5) is 10.2 Å². The molecule has 2 heterocycles. The molecule has 110 valence electrons. The van der Waals surface area contributed by atoms with Gasteiger partial charge in [-0.3, -0.25) is 0 Å². The SMILES string of the molecule is COC(=O)c1nnn2c1NCC(C)C2c1ccccc1F. The lowest BCUT2D eigenvalue weighted by molar-refractivity contribution is 0.0595. The number of carbonyl (C=O) groups excluding carboxylic acids is 1.